The first-order chi connectivity index (χ1) is 9.69. The molecule has 1 aromatic carbocycles. The first-order valence-corrected chi connectivity index (χ1v) is 8.70. The number of hydrogen-bond donors (Lipinski definition) is 0. The van der Waals surface area contributed by atoms with Crippen LogP contribution in [0, 0.1) is 12.8 Å². The smallest absolute Gasteiger partial charge is 0.222 e. The van der Waals surface area contributed by atoms with Crippen molar-refractivity contribution < 1.29 is 4.79 Å². The first kappa shape index (κ1) is 15.6. The second kappa shape index (κ2) is 7.82. The van der Waals surface area contributed by atoms with E-state index < -0.39 is 0 Å². The van der Waals surface area contributed by atoms with E-state index in [-0.39, 0.29) is 0 Å². The number of carbonyl (C=O) groups is 1. The Hall–Kier alpha value is -0.830. The number of aryl methyl sites for hydroxylation is 2. The summed E-state index contributed by atoms with van der Waals surface area (Å²) in [4.78, 5) is 14.4. The van der Waals surface area contributed by atoms with Gasteiger partial charge in [-0.2, -0.15) is 0 Å². The molecule has 1 aromatic rings. The molecule has 2 nitrogen and oxygen atoms in total. The molecule has 0 aromatic heterocycles. The third kappa shape index (κ3) is 4.62. The normalized spacial score (nSPS) is 19.1. The highest BCUT2D eigenvalue weighted by molar-refractivity contribution is 9.09. The predicted molar refractivity (Wildman–Crippen MR) is 87.2 cm³/mol. The van der Waals surface area contributed by atoms with E-state index in [1.54, 1.807) is 0 Å². The molecule has 0 aliphatic carbocycles. The summed E-state index contributed by atoms with van der Waals surface area (Å²) in [6.45, 7) is 4.00. The molecule has 0 spiro atoms. The number of alkyl halides is 1. The average Bonchev–Trinajstić information content (AvgIpc) is 2.45. The summed E-state index contributed by atoms with van der Waals surface area (Å²) in [5.74, 6) is 1.01. The zero-order valence-corrected chi connectivity index (χ0v) is 13.9. The Morgan fingerprint density at radius 1 is 1.45 bits per heavy atom. The van der Waals surface area contributed by atoms with Gasteiger partial charge in [0.25, 0.3) is 0 Å². The van der Waals surface area contributed by atoms with Crippen LogP contribution in [-0.2, 0) is 11.2 Å². The lowest BCUT2D eigenvalue weighted by atomic mass is 9.95. The summed E-state index contributed by atoms with van der Waals surface area (Å²) in [7, 11) is 0. The van der Waals surface area contributed by atoms with E-state index >= 15 is 0 Å². The molecule has 1 aliphatic rings. The molecule has 110 valence electrons. The topological polar surface area (TPSA) is 20.3 Å². The molecular formula is C17H24BrNO. The van der Waals surface area contributed by atoms with Crippen molar-refractivity contribution in [2.75, 3.05) is 18.4 Å². The predicted octanol–water partition coefficient (Wildman–Crippen LogP) is 3.95. The first-order valence-electron chi connectivity index (χ1n) is 7.58. The van der Waals surface area contributed by atoms with Crippen LogP contribution in [0.2, 0.25) is 0 Å². The molecule has 0 bridgehead atoms. The molecule has 1 saturated heterocycles. The highest BCUT2D eigenvalue weighted by atomic mass is 79.9. The number of benzene rings is 1. The summed E-state index contributed by atoms with van der Waals surface area (Å²) in [5.41, 5.74) is 2.54. The Bertz CT molecular complexity index is 444. The molecule has 1 heterocycles. The molecule has 1 aliphatic heterocycles. The lowest BCUT2D eigenvalue weighted by Crippen LogP contribution is -2.40. The molecule has 1 amide bonds. The van der Waals surface area contributed by atoms with Crippen molar-refractivity contribution in [3.8, 4) is 0 Å². The fraction of sp³-hybridized carbons (Fsp3) is 0.588. The zero-order valence-electron chi connectivity index (χ0n) is 12.3. The van der Waals surface area contributed by atoms with E-state index in [0.29, 0.717) is 18.2 Å². The van der Waals surface area contributed by atoms with Gasteiger partial charge in [0.15, 0.2) is 0 Å². The number of carbonyl (C=O) groups excluding carboxylic acids is 1. The molecule has 0 N–H and O–H groups in total. The van der Waals surface area contributed by atoms with Crippen LogP contribution in [0.25, 0.3) is 0 Å². The minimum absolute atomic E-state index is 0.325. The Kier molecular flexibility index (Phi) is 6.08. The van der Waals surface area contributed by atoms with E-state index in [2.05, 4.69) is 52.0 Å². The molecule has 20 heavy (non-hydrogen) atoms. The summed E-state index contributed by atoms with van der Waals surface area (Å²) >= 11 is 3.51. The maximum Gasteiger partial charge on any atom is 0.222 e. The van der Waals surface area contributed by atoms with E-state index in [1.807, 2.05) is 0 Å². The molecular weight excluding hydrogens is 314 g/mol. The standard InChI is InChI=1S/C17H24BrNO/c1-14-4-2-5-15(12-14)7-8-17(20)19-11-3-6-16(13-19)9-10-18/h2,4-5,12,16H,3,6-11,13H2,1H3. The maximum absolute atomic E-state index is 12.3. The second-order valence-electron chi connectivity index (χ2n) is 5.81. The highest BCUT2D eigenvalue weighted by Gasteiger charge is 2.22. The fourth-order valence-electron chi connectivity index (χ4n) is 2.96. The van der Waals surface area contributed by atoms with E-state index in [1.165, 1.54) is 24.0 Å². The third-order valence-corrected chi connectivity index (χ3v) is 4.56. The summed E-state index contributed by atoms with van der Waals surface area (Å²) in [6, 6.07) is 8.46. The molecule has 1 fully saturated rings. The van der Waals surface area contributed by atoms with Gasteiger partial charge in [-0.15, -0.1) is 0 Å². The van der Waals surface area contributed by atoms with Gasteiger partial charge in [0.05, 0.1) is 0 Å². The van der Waals surface area contributed by atoms with Crippen LogP contribution < -0.4 is 0 Å². The van der Waals surface area contributed by atoms with Gasteiger partial charge in [0.2, 0.25) is 5.91 Å². The van der Waals surface area contributed by atoms with Gasteiger partial charge in [0.1, 0.15) is 0 Å². The molecule has 3 heteroatoms. The lowest BCUT2D eigenvalue weighted by molar-refractivity contribution is -0.133. The third-order valence-electron chi connectivity index (χ3n) is 4.10. The minimum atomic E-state index is 0.325. The van der Waals surface area contributed by atoms with Crippen molar-refractivity contribution in [3.05, 3.63) is 35.4 Å². The Labute approximate surface area is 130 Å². The minimum Gasteiger partial charge on any atom is -0.342 e. The number of likely N-dealkylation sites (tertiary alicyclic amines) is 1. The monoisotopic (exact) mass is 337 g/mol. The van der Waals surface area contributed by atoms with Crippen molar-refractivity contribution in [2.45, 2.75) is 39.0 Å². The summed E-state index contributed by atoms with van der Waals surface area (Å²) < 4.78 is 0. The highest BCUT2D eigenvalue weighted by Crippen LogP contribution is 2.21. The Morgan fingerprint density at radius 3 is 3.05 bits per heavy atom. The van der Waals surface area contributed by atoms with Crippen molar-refractivity contribution in [1.29, 1.82) is 0 Å². The maximum atomic E-state index is 12.3. The molecule has 1 unspecified atom stereocenters. The van der Waals surface area contributed by atoms with Crippen molar-refractivity contribution in [3.63, 3.8) is 0 Å². The summed E-state index contributed by atoms with van der Waals surface area (Å²) in [6.07, 6.45) is 5.12. The van der Waals surface area contributed by atoms with Crippen LogP contribution >= 0.6 is 15.9 Å². The number of hydrogen-bond acceptors (Lipinski definition) is 1. The molecule has 1 atom stereocenters. The van der Waals surface area contributed by atoms with Crippen LogP contribution in [-0.4, -0.2) is 29.2 Å². The van der Waals surface area contributed by atoms with Gasteiger partial charge < -0.3 is 4.90 Å². The van der Waals surface area contributed by atoms with Gasteiger partial charge in [-0.1, -0.05) is 45.8 Å². The number of nitrogens with zero attached hydrogens (tertiary/aromatic N) is 1. The van der Waals surface area contributed by atoms with Crippen LogP contribution in [0.15, 0.2) is 24.3 Å². The van der Waals surface area contributed by atoms with E-state index in [4.69, 9.17) is 0 Å². The molecule has 0 saturated carbocycles. The average molecular weight is 338 g/mol. The number of rotatable bonds is 5. The number of piperidine rings is 1. The van der Waals surface area contributed by atoms with Gasteiger partial charge in [-0.05, 0) is 44.1 Å². The zero-order chi connectivity index (χ0) is 14.4. The number of halogens is 1. The van der Waals surface area contributed by atoms with E-state index in [9.17, 15) is 4.79 Å². The molecule has 0 radical (unpaired) electrons. The Balaban J connectivity index is 1.82. The lowest BCUT2D eigenvalue weighted by Gasteiger charge is -2.32. The van der Waals surface area contributed by atoms with Gasteiger partial charge in [-0.3, -0.25) is 4.79 Å². The van der Waals surface area contributed by atoms with Gasteiger partial charge in [-0.25, -0.2) is 0 Å². The quantitative estimate of drug-likeness (QED) is 0.745. The number of amides is 1. The van der Waals surface area contributed by atoms with Gasteiger partial charge >= 0.3 is 0 Å². The molecule has 2 rings (SSSR count). The van der Waals surface area contributed by atoms with Crippen LogP contribution in [0.3, 0.4) is 0 Å². The van der Waals surface area contributed by atoms with Gasteiger partial charge in [0, 0.05) is 24.8 Å². The van der Waals surface area contributed by atoms with Crippen LogP contribution in [0.4, 0.5) is 0 Å². The van der Waals surface area contributed by atoms with Crippen molar-refractivity contribution in [2.24, 2.45) is 5.92 Å². The SMILES string of the molecule is Cc1cccc(CCC(=O)N2CCCC(CCBr)C2)c1. The van der Waals surface area contributed by atoms with Crippen LogP contribution in [0.5, 0.6) is 0 Å². The fourth-order valence-corrected chi connectivity index (χ4v) is 3.61. The Morgan fingerprint density at radius 2 is 2.30 bits per heavy atom. The van der Waals surface area contributed by atoms with Crippen molar-refractivity contribution >= 4 is 21.8 Å². The van der Waals surface area contributed by atoms with E-state index in [0.717, 1.165) is 31.3 Å². The second-order valence-corrected chi connectivity index (χ2v) is 6.61. The summed E-state index contributed by atoms with van der Waals surface area (Å²) in [5, 5.41) is 1.04. The van der Waals surface area contributed by atoms with Crippen molar-refractivity contribution in [1.82, 2.24) is 4.90 Å². The van der Waals surface area contributed by atoms with Crippen LogP contribution in [0.1, 0.15) is 36.8 Å². The largest absolute Gasteiger partial charge is 0.342 e.